The molecule has 1 unspecified atom stereocenters. The molecular weight excluding hydrogens is 322 g/mol. The first-order valence-electron chi connectivity index (χ1n) is 8.27. The Morgan fingerprint density at radius 1 is 1.08 bits per heavy atom. The first-order chi connectivity index (χ1) is 11.6. The van der Waals surface area contributed by atoms with Crippen LogP contribution in [0.1, 0.15) is 53.6 Å². The Hall–Kier alpha value is -2.00. The van der Waals surface area contributed by atoms with E-state index in [1.807, 2.05) is 48.5 Å². The van der Waals surface area contributed by atoms with Crippen LogP contribution >= 0.6 is 11.6 Å². The van der Waals surface area contributed by atoms with E-state index in [0.717, 1.165) is 29.7 Å². The van der Waals surface area contributed by atoms with Gasteiger partial charge in [0.15, 0.2) is 0 Å². The molecule has 0 aliphatic carbocycles. The number of carbonyl (C=O) groups excluding carboxylic acids is 1. The Kier molecular flexibility index (Phi) is 6.68. The quantitative estimate of drug-likeness (QED) is 0.721. The van der Waals surface area contributed by atoms with Crippen LogP contribution in [-0.2, 0) is 0 Å². The van der Waals surface area contributed by atoms with Crippen LogP contribution in [0.4, 0.5) is 0 Å². The predicted molar refractivity (Wildman–Crippen MR) is 99.0 cm³/mol. The van der Waals surface area contributed by atoms with E-state index in [9.17, 15) is 4.79 Å². The summed E-state index contributed by atoms with van der Waals surface area (Å²) in [5.41, 5.74) is 2.56. The minimum absolute atomic E-state index is 0.0391. The zero-order valence-electron chi connectivity index (χ0n) is 14.4. The lowest BCUT2D eigenvalue weighted by atomic mass is 10.0. The number of amides is 1. The van der Waals surface area contributed by atoms with Crippen LogP contribution in [0.3, 0.4) is 0 Å². The number of halogens is 1. The predicted octanol–water partition coefficient (Wildman–Crippen LogP) is 4.94. The van der Waals surface area contributed by atoms with E-state index in [1.165, 1.54) is 0 Å². The van der Waals surface area contributed by atoms with Gasteiger partial charge in [-0.2, -0.15) is 0 Å². The fraction of sp³-hybridized carbons (Fsp3) is 0.350. The van der Waals surface area contributed by atoms with Crippen LogP contribution < -0.4 is 10.1 Å². The molecule has 2 rings (SSSR count). The minimum atomic E-state index is -0.281. The third-order valence-electron chi connectivity index (χ3n) is 4.17. The van der Waals surface area contributed by atoms with Gasteiger partial charge in [0.05, 0.1) is 12.5 Å². The number of methoxy groups -OCH3 is 1. The molecule has 1 amide bonds. The van der Waals surface area contributed by atoms with Crippen molar-refractivity contribution in [3.8, 4) is 5.75 Å². The van der Waals surface area contributed by atoms with E-state index in [-0.39, 0.29) is 17.3 Å². The SMILES string of the molecule is CCC(CC)NC(=O)c1ccc(C(Cl)c2cccc(OC)c2)cc1. The molecule has 128 valence electrons. The Balaban J connectivity index is 2.12. The zero-order chi connectivity index (χ0) is 17.5. The molecule has 0 saturated heterocycles. The summed E-state index contributed by atoms with van der Waals surface area (Å²) in [5.74, 6) is 0.738. The first-order valence-corrected chi connectivity index (χ1v) is 8.71. The molecule has 0 spiro atoms. The maximum atomic E-state index is 12.2. The van der Waals surface area contributed by atoms with E-state index < -0.39 is 0 Å². The monoisotopic (exact) mass is 345 g/mol. The van der Waals surface area contributed by atoms with Gasteiger partial charge in [-0.3, -0.25) is 4.79 Å². The fourth-order valence-electron chi connectivity index (χ4n) is 2.56. The molecule has 0 fully saturated rings. The molecule has 3 nitrogen and oxygen atoms in total. The summed E-state index contributed by atoms with van der Waals surface area (Å²) in [6.45, 7) is 4.15. The highest BCUT2D eigenvalue weighted by Gasteiger charge is 2.14. The van der Waals surface area contributed by atoms with Gasteiger partial charge >= 0.3 is 0 Å². The molecule has 2 aromatic rings. The van der Waals surface area contributed by atoms with Gasteiger partial charge in [-0.05, 0) is 48.2 Å². The summed E-state index contributed by atoms with van der Waals surface area (Å²) in [5, 5.41) is 2.76. The lowest BCUT2D eigenvalue weighted by Crippen LogP contribution is -2.33. The van der Waals surface area contributed by atoms with Gasteiger partial charge in [-0.1, -0.05) is 38.1 Å². The fourth-order valence-corrected chi connectivity index (χ4v) is 2.84. The maximum absolute atomic E-state index is 12.2. The highest BCUT2D eigenvalue weighted by molar-refractivity contribution is 6.22. The van der Waals surface area contributed by atoms with Gasteiger partial charge in [-0.15, -0.1) is 11.6 Å². The van der Waals surface area contributed by atoms with Crippen molar-refractivity contribution < 1.29 is 9.53 Å². The standard InChI is InChI=1S/C20H24ClNO2/c1-4-17(5-2)22-20(23)15-11-9-14(10-12-15)19(21)16-7-6-8-18(13-16)24-3/h6-13,17,19H,4-5H2,1-3H3,(H,22,23). The van der Waals surface area contributed by atoms with Crippen LogP contribution in [0.5, 0.6) is 5.75 Å². The third kappa shape index (κ3) is 4.51. The van der Waals surface area contributed by atoms with Crippen molar-refractivity contribution in [2.75, 3.05) is 7.11 Å². The third-order valence-corrected chi connectivity index (χ3v) is 4.68. The molecule has 0 saturated carbocycles. The molecule has 24 heavy (non-hydrogen) atoms. The molecule has 4 heteroatoms. The number of rotatable bonds is 7. The molecular formula is C20H24ClNO2. The molecule has 2 aromatic carbocycles. The van der Waals surface area contributed by atoms with Gasteiger partial charge in [-0.25, -0.2) is 0 Å². The summed E-state index contributed by atoms with van der Waals surface area (Å²) < 4.78 is 5.24. The minimum Gasteiger partial charge on any atom is -0.497 e. The second kappa shape index (κ2) is 8.74. The summed E-state index contributed by atoms with van der Waals surface area (Å²) in [7, 11) is 1.63. The number of ether oxygens (including phenoxy) is 1. The molecule has 0 bridgehead atoms. The number of hydrogen-bond donors (Lipinski definition) is 1. The van der Waals surface area contributed by atoms with Gasteiger partial charge in [0.2, 0.25) is 0 Å². The Morgan fingerprint density at radius 3 is 2.33 bits per heavy atom. The van der Waals surface area contributed by atoms with E-state index in [2.05, 4.69) is 19.2 Å². The zero-order valence-corrected chi connectivity index (χ0v) is 15.1. The largest absolute Gasteiger partial charge is 0.497 e. The molecule has 1 atom stereocenters. The number of alkyl halides is 1. The topological polar surface area (TPSA) is 38.3 Å². The first kappa shape index (κ1) is 18.3. The average Bonchev–Trinajstić information content (AvgIpc) is 2.65. The van der Waals surface area contributed by atoms with E-state index in [0.29, 0.717) is 5.56 Å². The second-order valence-corrected chi connectivity index (χ2v) is 6.18. The maximum Gasteiger partial charge on any atom is 0.251 e. The van der Waals surface area contributed by atoms with Crippen LogP contribution in [0.15, 0.2) is 48.5 Å². The highest BCUT2D eigenvalue weighted by atomic mass is 35.5. The highest BCUT2D eigenvalue weighted by Crippen LogP contribution is 2.30. The van der Waals surface area contributed by atoms with Crippen molar-refractivity contribution in [3.05, 3.63) is 65.2 Å². The second-order valence-electron chi connectivity index (χ2n) is 5.75. The van der Waals surface area contributed by atoms with Gasteiger partial charge in [0.1, 0.15) is 5.75 Å². The van der Waals surface area contributed by atoms with Crippen molar-refractivity contribution >= 4 is 17.5 Å². The van der Waals surface area contributed by atoms with Crippen LogP contribution in [0, 0.1) is 0 Å². The summed E-state index contributed by atoms with van der Waals surface area (Å²) in [6, 6.07) is 15.4. The van der Waals surface area contributed by atoms with Crippen molar-refractivity contribution in [1.29, 1.82) is 0 Å². The Morgan fingerprint density at radius 2 is 1.75 bits per heavy atom. The van der Waals surface area contributed by atoms with Gasteiger partial charge < -0.3 is 10.1 Å². The number of hydrogen-bond acceptors (Lipinski definition) is 2. The molecule has 0 radical (unpaired) electrons. The van der Waals surface area contributed by atoms with Crippen LogP contribution in [0.2, 0.25) is 0 Å². The number of benzene rings is 2. The van der Waals surface area contributed by atoms with Crippen molar-refractivity contribution in [2.24, 2.45) is 0 Å². The molecule has 0 aliphatic rings. The summed E-state index contributed by atoms with van der Waals surface area (Å²) in [4.78, 5) is 12.2. The lowest BCUT2D eigenvalue weighted by molar-refractivity contribution is 0.0935. The van der Waals surface area contributed by atoms with Crippen molar-refractivity contribution in [1.82, 2.24) is 5.32 Å². The molecule has 0 aliphatic heterocycles. The smallest absolute Gasteiger partial charge is 0.251 e. The van der Waals surface area contributed by atoms with E-state index in [1.54, 1.807) is 7.11 Å². The van der Waals surface area contributed by atoms with Gasteiger partial charge in [0, 0.05) is 11.6 Å². The number of nitrogens with one attached hydrogen (secondary N) is 1. The van der Waals surface area contributed by atoms with Gasteiger partial charge in [0.25, 0.3) is 5.91 Å². The van der Waals surface area contributed by atoms with Crippen LogP contribution in [-0.4, -0.2) is 19.1 Å². The molecule has 0 aromatic heterocycles. The molecule has 1 N–H and O–H groups in total. The molecule has 0 heterocycles. The van der Waals surface area contributed by atoms with E-state index >= 15 is 0 Å². The Bertz CT molecular complexity index is 666. The van der Waals surface area contributed by atoms with Crippen LogP contribution in [0.25, 0.3) is 0 Å². The lowest BCUT2D eigenvalue weighted by Gasteiger charge is -2.15. The summed E-state index contributed by atoms with van der Waals surface area (Å²) in [6.07, 6.45) is 1.86. The normalized spacial score (nSPS) is 12.0. The summed E-state index contributed by atoms with van der Waals surface area (Å²) >= 11 is 6.57. The van der Waals surface area contributed by atoms with Crippen molar-refractivity contribution in [3.63, 3.8) is 0 Å². The Labute approximate surface area is 149 Å². The number of carbonyl (C=O) groups is 1. The van der Waals surface area contributed by atoms with E-state index in [4.69, 9.17) is 16.3 Å². The average molecular weight is 346 g/mol. The van der Waals surface area contributed by atoms with Crippen molar-refractivity contribution in [2.45, 2.75) is 38.1 Å².